The molecule has 3 aromatic rings. The largest absolute Gasteiger partial charge is 0.364 e. The van der Waals surface area contributed by atoms with Crippen LogP contribution in [0.1, 0.15) is 10.5 Å². The van der Waals surface area contributed by atoms with Crippen molar-refractivity contribution in [3.63, 3.8) is 0 Å². The minimum atomic E-state index is -0.497. The molecule has 2 aromatic carbocycles. The van der Waals surface area contributed by atoms with Crippen LogP contribution in [-0.4, -0.2) is 15.5 Å². The molecule has 0 fully saturated rings. The summed E-state index contributed by atoms with van der Waals surface area (Å²) < 4.78 is 1.78. The maximum Gasteiger partial charge on any atom is 0.267 e. The van der Waals surface area contributed by atoms with Crippen molar-refractivity contribution in [2.24, 2.45) is 5.73 Å². The number of hydrogen-bond acceptors (Lipinski definition) is 2. The first-order chi connectivity index (χ1) is 9.77. The number of carbonyl (C=O) groups excluding carboxylic acids is 1. The SMILES string of the molecule is NC(=O)c1cnc(-c2ccccc2)n1-c1ccccc1. The molecule has 1 amide bonds. The second-order valence-electron chi connectivity index (χ2n) is 4.37. The Morgan fingerprint density at radius 2 is 1.55 bits per heavy atom. The number of imidazole rings is 1. The van der Waals surface area contributed by atoms with Crippen LogP contribution < -0.4 is 5.73 Å². The fraction of sp³-hybridized carbons (Fsp3) is 0. The van der Waals surface area contributed by atoms with Crippen molar-refractivity contribution in [3.05, 3.63) is 72.6 Å². The number of hydrogen-bond donors (Lipinski definition) is 1. The lowest BCUT2D eigenvalue weighted by Gasteiger charge is -2.10. The third kappa shape index (κ3) is 2.07. The smallest absolute Gasteiger partial charge is 0.267 e. The van der Waals surface area contributed by atoms with E-state index in [4.69, 9.17) is 5.73 Å². The lowest BCUT2D eigenvalue weighted by atomic mass is 10.2. The first kappa shape index (κ1) is 12.2. The maximum absolute atomic E-state index is 11.6. The number of aromatic nitrogens is 2. The van der Waals surface area contributed by atoms with Crippen LogP contribution in [0, 0.1) is 0 Å². The molecule has 0 spiro atoms. The first-order valence-corrected chi connectivity index (χ1v) is 6.26. The summed E-state index contributed by atoms with van der Waals surface area (Å²) in [6, 6.07) is 19.3. The third-order valence-electron chi connectivity index (χ3n) is 3.06. The van der Waals surface area contributed by atoms with Gasteiger partial charge in [0.15, 0.2) is 0 Å². The average molecular weight is 263 g/mol. The molecule has 1 aromatic heterocycles. The zero-order chi connectivity index (χ0) is 13.9. The van der Waals surface area contributed by atoms with Gasteiger partial charge in [0.2, 0.25) is 0 Å². The molecule has 4 nitrogen and oxygen atoms in total. The second kappa shape index (κ2) is 5.01. The quantitative estimate of drug-likeness (QED) is 0.789. The number of nitrogens with two attached hydrogens (primary N) is 1. The highest BCUT2D eigenvalue weighted by Crippen LogP contribution is 2.23. The van der Waals surface area contributed by atoms with E-state index in [1.807, 2.05) is 60.7 Å². The standard InChI is InChI=1S/C16H13N3O/c17-15(20)14-11-18-16(12-7-3-1-4-8-12)19(14)13-9-5-2-6-10-13/h1-11H,(H2,17,20). The molecule has 3 rings (SSSR count). The average Bonchev–Trinajstić information content (AvgIpc) is 2.94. The van der Waals surface area contributed by atoms with Gasteiger partial charge >= 0.3 is 0 Å². The van der Waals surface area contributed by atoms with Crippen molar-refractivity contribution < 1.29 is 4.79 Å². The van der Waals surface area contributed by atoms with Crippen LogP contribution in [-0.2, 0) is 0 Å². The molecule has 0 unspecified atom stereocenters. The number of benzene rings is 2. The van der Waals surface area contributed by atoms with Crippen molar-refractivity contribution >= 4 is 5.91 Å². The summed E-state index contributed by atoms with van der Waals surface area (Å²) in [4.78, 5) is 15.9. The molecular weight excluding hydrogens is 250 g/mol. The number of carbonyl (C=O) groups is 1. The van der Waals surface area contributed by atoms with Crippen LogP contribution in [0.5, 0.6) is 0 Å². The molecule has 98 valence electrons. The minimum Gasteiger partial charge on any atom is -0.364 e. The number of para-hydroxylation sites is 1. The van der Waals surface area contributed by atoms with Crippen LogP contribution in [0.25, 0.3) is 17.1 Å². The van der Waals surface area contributed by atoms with Gasteiger partial charge in [-0.2, -0.15) is 0 Å². The minimum absolute atomic E-state index is 0.370. The summed E-state index contributed by atoms with van der Waals surface area (Å²) in [5.74, 6) is 0.203. The molecular formula is C16H13N3O. The van der Waals surface area contributed by atoms with Gasteiger partial charge in [0.05, 0.1) is 6.20 Å². The molecule has 0 saturated heterocycles. The zero-order valence-electron chi connectivity index (χ0n) is 10.7. The molecule has 0 aliphatic carbocycles. The van der Waals surface area contributed by atoms with E-state index < -0.39 is 5.91 Å². The number of nitrogens with zero attached hydrogens (tertiary/aromatic N) is 2. The fourth-order valence-electron chi connectivity index (χ4n) is 2.15. The van der Waals surface area contributed by atoms with E-state index in [2.05, 4.69) is 4.98 Å². The van der Waals surface area contributed by atoms with E-state index in [9.17, 15) is 4.79 Å². The monoisotopic (exact) mass is 263 g/mol. The predicted octanol–water partition coefficient (Wildman–Crippen LogP) is 2.64. The molecule has 1 heterocycles. The summed E-state index contributed by atoms with van der Waals surface area (Å²) in [5, 5.41) is 0. The van der Waals surface area contributed by atoms with Gasteiger partial charge in [-0.05, 0) is 12.1 Å². The molecule has 0 atom stereocenters. The summed E-state index contributed by atoms with van der Waals surface area (Å²) >= 11 is 0. The van der Waals surface area contributed by atoms with E-state index in [1.165, 1.54) is 6.20 Å². The molecule has 0 aliphatic heterocycles. The van der Waals surface area contributed by atoms with Crippen LogP contribution in [0.15, 0.2) is 66.9 Å². The lowest BCUT2D eigenvalue weighted by Crippen LogP contribution is -2.16. The van der Waals surface area contributed by atoms with Crippen molar-refractivity contribution in [2.75, 3.05) is 0 Å². The summed E-state index contributed by atoms with van der Waals surface area (Å²) in [6.45, 7) is 0. The van der Waals surface area contributed by atoms with Gasteiger partial charge in [0.1, 0.15) is 11.5 Å². The van der Waals surface area contributed by atoms with E-state index in [1.54, 1.807) is 4.57 Å². The topological polar surface area (TPSA) is 60.9 Å². The maximum atomic E-state index is 11.6. The molecule has 0 radical (unpaired) electrons. The summed E-state index contributed by atoms with van der Waals surface area (Å²) in [5.41, 5.74) is 7.61. The van der Waals surface area contributed by atoms with Gasteiger partial charge in [-0.1, -0.05) is 48.5 Å². The van der Waals surface area contributed by atoms with Gasteiger partial charge in [-0.15, -0.1) is 0 Å². The molecule has 4 heteroatoms. The molecule has 2 N–H and O–H groups in total. The van der Waals surface area contributed by atoms with E-state index in [0.29, 0.717) is 11.5 Å². The predicted molar refractivity (Wildman–Crippen MR) is 77.5 cm³/mol. The van der Waals surface area contributed by atoms with Gasteiger partial charge < -0.3 is 5.73 Å². The normalized spacial score (nSPS) is 10.4. The third-order valence-corrected chi connectivity index (χ3v) is 3.06. The van der Waals surface area contributed by atoms with Crippen molar-refractivity contribution in [1.82, 2.24) is 9.55 Å². The van der Waals surface area contributed by atoms with Gasteiger partial charge in [0, 0.05) is 11.3 Å². The number of rotatable bonds is 3. The van der Waals surface area contributed by atoms with Crippen molar-refractivity contribution in [1.29, 1.82) is 0 Å². The Bertz CT molecular complexity index is 733. The molecule has 0 aliphatic rings. The number of amides is 1. The Labute approximate surface area is 116 Å². The Morgan fingerprint density at radius 1 is 0.950 bits per heavy atom. The van der Waals surface area contributed by atoms with Crippen molar-refractivity contribution in [3.8, 4) is 17.1 Å². The van der Waals surface area contributed by atoms with Crippen LogP contribution in [0.2, 0.25) is 0 Å². The van der Waals surface area contributed by atoms with Gasteiger partial charge in [0.25, 0.3) is 5.91 Å². The highest BCUT2D eigenvalue weighted by Gasteiger charge is 2.16. The van der Waals surface area contributed by atoms with Crippen LogP contribution in [0.3, 0.4) is 0 Å². The summed E-state index contributed by atoms with van der Waals surface area (Å²) in [6.07, 6.45) is 1.51. The highest BCUT2D eigenvalue weighted by atomic mass is 16.1. The Morgan fingerprint density at radius 3 is 2.15 bits per heavy atom. The van der Waals surface area contributed by atoms with E-state index >= 15 is 0 Å². The highest BCUT2D eigenvalue weighted by molar-refractivity contribution is 5.92. The molecule has 0 bridgehead atoms. The number of primary amides is 1. The Kier molecular flexibility index (Phi) is 3.05. The lowest BCUT2D eigenvalue weighted by molar-refractivity contribution is 0.0994. The Hall–Kier alpha value is -2.88. The van der Waals surface area contributed by atoms with E-state index in [-0.39, 0.29) is 0 Å². The first-order valence-electron chi connectivity index (χ1n) is 6.26. The fourth-order valence-corrected chi connectivity index (χ4v) is 2.15. The zero-order valence-corrected chi connectivity index (χ0v) is 10.7. The second-order valence-corrected chi connectivity index (χ2v) is 4.37. The van der Waals surface area contributed by atoms with Gasteiger partial charge in [-0.3, -0.25) is 9.36 Å². The van der Waals surface area contributed by atoms with Gasteiger partial charge in [-0.25, -0.2) is 4.98 Å². The van der Waals surface area contributed by atoms with Crippen LogP contribution >= 0.6 is 0 Å². The summed E-state index contributed by atoms with van der Waals surface area (Å²) in [7, 11) is 0. The molecule has 0 saturated carbocycles. The van der Waals surface area contributed by atoms with Crippen LogP contribution in [0.4, 0.5) is 0 Å². The molecule has 20 heavy (non-hydrogen) atoms. The van der Waals surface area contributed by atoms with E-state index in [0.717, 1.165) is 11.3 Å². The Balaban J connectivity index is 2.25. The van der Waals surface area contributed by atoms with Crippen molar-refractivity contribution in [2.45, 2.75) is 0 Å².